The van der Waals surface area contributed by atoms with Crippen LogP contribution < -0.4 is 10.6 Å². The number of amides is 2. The van der Waals surface area contributed by atoms with Crippen molar-refractivity contribution in [3.63, 3.8) is 0 Å². The predicted octanol–water partition coefficient (Wildman–Crippen LogP) is 3.83. The summed E-state index contributed by atoms with van der Waals surface area (Å²) in [6, 6.07) is 9.50. The molecule has 0 spiro atoms. The Bertz CT molecular complexity index is 1190. The molecule has 0 fully saturated rings. The van der Waals surface area contributed by atoms with Crippen LogP contribution in [0, 0.1) is 11.6 Å². The van der Waals surface area contributed by atoms with E-state index in [1.54, 1.807) is 35.6 Å². The van der Waals surface area contributed by atoms with Gasteiger partial charge in [-0.2, -0.15) is 13.2 Å². The molecule has 2 aromatic carbocycles. The van der Waals surface area contributed by atoms with Crippen molar-refractivity contribution in [3.8, 4) is 5.69 Å². The zero-order chi connectivity index (χ0) is 23.5. The second kappa shape index (κ2) is 9.00. The summed E-state index contributed by atoms with van der Waals surface area (Å²) in [5, 5.41) is 3.93. The van der Waals surface area contributed by atoms with E-state index < -0.39 is 35.6 Å². The number of aromatic nitrogens is 2. The van der Waals surface area contributed by atoms with Gasteiger partial charge in [-0.05, 0) is 17.2 Å². The SMILES string of the molecule is CNC(=O)/C=C(\c1ccccc1)c1c(F)cc(F)cc1-n1ccnc1NC(=O)C(F)(F)F. The minimum absolute atomic E-state index is 0.0271. The largest absolute Gasteiger partial charge is 0.471 e. The molecule has 0 unspecified atom stereocenters. The van der Waals surface area contributed by atoms with Gasteiger partial charge in [0, 0.05) is 37.1 Å². The van der Waals surface area contributed by atoms with Gasteiger partial charge in [-0.25, -0.2) is 13.8 Å². The molecule has 11 heteroatoms. The Morgan fingerprint density at radius 1 is 1.09 bits per heavy atom. The van der Waals surface area contributed by atoms with E-state index in [0.717, 1.165) is 29.1 Å². The number of rotatable bonds is 5. The summed E-state index contributed by atoms with van der Waals surface area (Å²) in [6.45, 7) is 0. The van der Waals surface area contributed by atoms with Crippen LogP contribution in [0.5, 0.6) is 0 Å². The van der Waals surface area contributed by atoms with Crippen molar-refractivity contribution in [2.24, 2.45) is 0 Å². The molecule has 1 aromatic heterocycles. The van der Waals surface area contributed by atoms with Crippen molar-refractivity contribution in [1.82, 2.24) is 14.9 Å². The van der Waals surface area contributed by atoms with E-state index in [2.05, 4.69) is 10.3 Å². The lowest BCUT2D eigenvalue weighted by atomic mass is 9.95. The Labute approximate surface area is 178 Å². The topological polar surface area (TPSA) is 76.0 Å². The zero-order valence-corrected chi connectivity index (χ0v) is 16.4. The predicted molar refractivity (Wildman–Crippen MR) is 106 cm³/mol. The number of carbonyl (C=O) groups excluding carboxylic acids is 2. The fourth-order valence-corrected chi connectivity index (χ4v) is 2.90. The van der Waals surface area contributed by atoms with Gasteiger partial charge in [0.1, 0.15) is 11.6 Å². The second-order valence-corrected chi connectivity index (χ2v) is 6.39. The minimum Gasteiger partial charge on any atom is -0.356 e. The Balaban J connectivity index is 2.25. The first-order chi connectivity index (χ1) is 15.1. The third kappa shape index (κ3) is 4.82. The zero-order valence-electron chi connectivity index (χ0n) is 16.4. The van der Waals surface area contributed by atoms with Crippen molar-refractivity contribution in [3.05, 3.63) is 83.7 Å². The molecule has 0 saturated heterocycles. The normalized spacial score (nSPS) is 11.9. The summed E-state index contributed by atoms with van der Waals surface area (Å²) < 4.78 is 68.2. The van der Waals surface area contributed by atoms with Crippen LogP contribution in [0.1, 0.15) is 11.1 Å². The minimum atomic E-state index is -5.21. The van der Waals surface area contributed by atoms with E-state index in [1.807, 2.05) is 0 Å². The molecular formula is C21H15F5N4O2. The standard InChI is InChI=1S/C21H15F5N4O2/c1-27-17(31)11-14(12-5-3-2-4-6-12)18-15(23)9-13(22)10-16(18)30-8-7-28-20(30)29-19(32)21(24,25)26/h2-11H,1H3,(H,27,31)(H,28,29,32)/b14-11+. The number of nitrogens with one attached hydrogen (secondary N) is 2. The number of benzene rings is 2. The van der Waals surface area contributed by atoms with Gasteiger partial charge in [0.2, 0.25) is 11.9 Å². The maximum absolute atomic E-state index is 15.1. The number of likely N-dealkylation sites (N-methyl/N-ethyl adjacent to an activating group) is 1. The van der Waals surface area contributed by atoms with E-state index in [1.165, 1.54) is 7.05 Å². The molecule has 1 heterocycles. The molecule has 166 valence electrons. The Morgan fingerprint density at radius 2 is 1.78 bits per heavy atom. The van der Waals surface area contributed by atoms with Gasteiger partial charge < -0.3 is 5.32 Å². The molecule has 2 amide bonds. The van der Waals surface area contributed by atoms with Gasteiger partial charge in [-0.3, -0.25) is 19.5 Å². The lowest BCUT2D eigenvalue weighted by Gasteiger charge is -2.18. The highest BCUT2D eigenvalue weighted by Gasteiger charge is 2.39. The average Bonchev–Trinajstić information content (AvgIpc) is 3.19. The van der Waals surface area contributed by atoms with E-state index >= 15 is 4.39 Å². The highest BCUT2D eigenvalue weighted by molar-refractivity contribution is 6.00. The molecular weight excluding hydrogens is 435 g/mol. The van der Waals surface area contributed by atoms with Crippen LogP contribution in [0.3, 0.4) is 0 Å². The monoisotopic (exact) mass is 450 g/mol. The maximum Gasteiger partial charge on any atom is 0.471 e. The summed E-state index contributed by atoms with van der Waals surface area (Å²) >= 11 is 0. The number of hydrogen-bond acceptors (Lipinski definition) is 3. The van der Waals surface area contributed by atoms with E-state index in [0.29, 0.717) is 11.6 Å². The molecule has 0 aliphatic heterocycles. The van der Waals surface area contributed by atoms with Crippen LogP contribution in [0.25, 0.3) is 11.3 Å². The van der Waals surface area contributed by atoms with Gasteiger partial charge in [-0.1, -0.05) is 30.3 Å². The fraction of sp³-hybridized carbons (Fsp3) is 0.0952. The molecule has 0 atom stereocenters. The summed E-state index contributed by atoms with van der Waals surface area (Å²) in [7, 11) is 1.35. The highest BCUT2D eigenvalue weighted by Crippen LogP contribution is 2.33. The molecule has 2 N–H and O–H groups in total. The molecule has 0 aliphatic carbocycles. The molecule has 6 nitrogen and oxygen atoms in total. The van der Waals surface area contributed by atoms with E-state index in [9.17, 15) is 27.2 Å². The first kappa shape index (κ1) is 22.7. The Kier molecular flexibility index (Phi) is 6.37. The summed E-state index contributed by atoms with van der Waals surface area (Å²) in [5.74, 6) is -5.65. The summed E-state index contributed by atoms with van der Waals surface area (Å²) in [6.07, 6.45) is -1.98. The number of hydrogen-bond donors (Lipinski definition) is 2. The third-order valence-electron chi connectivity index (χ3n) is 4.29. The molecule has 3 aromatic rings. The lowest BCUT2D eigenvalue weighted by molar-refractivity contribution is -0.167. The average molecular weight is 450 g/mol. The van der Waals surface area contributed by atoms with Crippen LogP contribution in [0.4, 0.5) is 27.9 Å². The molecule has 0 saturated carbocycles. The van der Waals surface area contributed by atoms with E-state index in [-0.39, 0.29) is 16.8 Å². The quantitative estimate of drug-likeness (QED) is 0.458. The highest BCUT2D eigenvalue weighted by atomic mass is 19.4. The fourth-order valence-electron chi connectivity index (χ4n) is 2.90. The van der Waals surface area contributed by atoms with Gasteiger partial charge in [0.25, 0.3) is 0 Å². The van der Waals surface area contributed by atoms with Crippen molar-refractivity contribution in [2.45, 2.75) is 6.18 Å². The second-order valence-electron chi connectivity index (χ2n) is 6.39. The lowest BCUT2D eigenvalue weighted by Crippen LogP contribution is -2.31. The maximum atomic E-state index is 15.1. The first-order valence-corrected chi connectivity index (χ1v) is 9.02. The van der Waals surface area contributed by atoms with Crippen LogP contribution in [-0.2, 0) is 9.59 Å². The smallest absolute Gasteiger partial charge is 0.356 e. The number of halogens is 5. The van der Waals surface area contributed by atoms with E-state index in [4.69, 9.17) is 0 Å². The summed E-state index contributed by atoms with van der Waals surface area (Å²) in [4.78, 5) is 27.1. The Hall–Kier alpha value is -4.02. The van der Waals surface area contributed by atoms with Crippen LogP contribution in [0.2, 0.25) is 0 Å². The van der Waals surface area contributed by atoms with Crippen LogP contribution in [0.15, 0.2) is 60.9 Å². The number of imidazole rings is 1. The first-order valence-electron chi connectivity index (χ1n) is 9.02. The number of anilines is 1. The Morgan fingerprint density at radius 3 is 2.41 bits per heavy atom. The molecule has 3 rings (SSSR count). The van der Waals surface area contributed by atoms with Crippen molar-refractivity contribution in [2.75, 3.05) is 12.4 Å². The van der Waals surface area contributed by atoms with Gasteiger partial charge in [-0.15, -0.1) is 0 Å². The number of carbonyl (C=O) groups is 2. The van der Waals surface area contributed by atoms with Crippen molar-refractivity contribution in [1.29, 1.82) is 0 Å². The van der Waals surface area contributed by atoms with Gasteiger partial charge in [0.15, 0.2) is 0 Å². The van der Waals surface area contributed by atoms with Crippen molar-refractivity contribution >= 4 is 23.3 Å². The van der Waals surface area contributed by atoms with Crippen LogP contribution >= 0.6 is 0 Å². The molecule has 32 heavy (non-hydrogen) atoms. The number of nitrogens with zero attached hydrogens (tertiary/aromatic N) is 2. The van der Waals surface area contributed by atoms with Gasteiger partial charge >= 0.3 is 12.1 Å². The van der Waals surface area contributed by atoms with Crippen LogP contribution in [-0.4, -0.2) is 34.6 Å². The molecule has 0 bridgehead atoms. The summed E-state index contributed by atoms with van der Waals surface area (Å²) in [5.41, 5.74) is -0.165. The molecule has 0 radical (unpaired) electrons. The number of alkyl halides is 3. The third-order valence-corrected chi connectivity index (χ3v) is 4.29. The van der Waals surface area contributed by atoms with Gasteiger partial charge in [0.05, 0.1) is 5.69 Å². The molecule has 0 aliphatic rings. The van der Waals surface area contributed by atoms with Crippen molar-refractivity contribution < 1.29 is 31.5 Å².